The van der Waals surface area contributed by atoms with Crippen molar-refractivity contribution in [3.63, 3.8) is 0 Å². The van der Waals surface area contributed by atoms with E-state index in [-0.39, 0.29) is 24.8 Å². The van der Waals surface area contributed by atoms with E-state index in [9.17, 15) is 14.0 Å². The number of carbonyl (C=O) groups is 2. The molecule has 2 amide bonds. The molecule has 6 nitrogen and oxygen atoms in total. The van der Waals surface area contributed by atoms with Gasteiger partial charge in [0, 0.05) is 25.6 Å². The zero-order valence-electron chi connectivity index (χ0n) is 16.6. The van der Waals surface area contributed by atoms with Crippen LogP contribution in [0, 0.1) is 5.82 Å². The van der Waals surface area contributed by atoms with Crippen LogP contribution in [0.1, 0.15) is 24.5 Å². The van der Waals surface area contributed by atoms with E-state index in [1.807, 2.05) is 18.2 Å². The first-order valence-electron chi connectivity index (χ1n) is 9.62. The maximum absolute atomic E-state index is 14.1. The van der Waals surface area contributed by atoms with Crippen LogP contribution in [-0.4, -0.2) is 43.0 Å². The van der Waals surface area contributed by atoms with Gasteiger partial charge in [-0.05, 0) is 37.1 Å². The number of ether oxygens (including phenoxy) is 2. The van der Waals surface area contributed by atoms with Crippen molar-refractivity contribution in [2.45, 2.75) is 32.4 Å². The first-order chi connectivity index (χ1) is 14.0. The van der Waals surface area contributed by atoms with Gasteiger partial charge >= 0.3 is 0 Å². The van der Waals surface area contributed by atoms with Crippen LogP contribution in [0.25, 0.3) is 0 Å². The van der Waals surface area contributed by atoms with Crippen LogP contribution in [0.5, 0.6) is 11.5 Å². The standard InChI is InChI=1S/C22H25FN2O4/c1-15(22(27)24-2)25(14-17-5-3-4-6-18(17)23)21(26)10-8-16-7-9-19-20(13-16)29-12-11-28-19/h3-7,9,13,15H,8,10-12,14H2,1-2H3,(H,24,27)/t15-/m0/s1. The average Bonchev–Trinajstić information content (AvgIpc) is 2.75. The highest BCUT2D eigenvalue weighted by Gasteiger charge is 2.26. The molecule has 1 heterocycles. The Hall–Kier alpha value is -3.09. The Balaban J connectivity index is 1.72. The third kappa shape index (κ3) is 5.04. The summed E-state index contributed by atoms with van der Waals surface area (Å²) < 4.78 is 25.2. The van der Waals surface area contributed by atoms with Crippen LogP contribution in [0.15, 0.2) is 42.5 Å². The second kappa shape index (κ2) is 9.41. The number of benzene rings is 2. The molecule has 1 aliphatic rings. The van der Waals surface area contributed by atoms with E-state index in [2.05, 4.69) is 5.32 Å². The number of nitrogens with zero attached hydrogens (tertiary/aromatic N) is 1. The summed E-state index contributed by atoms with van der Waals surface area (Å²) in [5.41, 5.74) is 1.30. The molecule has 0 aromatic heterocycles. The number of likely N-dealkylation sites (N-methyl/N-ethyl adjacent to an activating group) is 1. The molecule has 1 aliphatic heterocycles. The number of aryl methyl sites for hydroxylation is 1. The first kappa shape index (κ1) is 20.6. The van der Waals surface area contributed by atoms with Gasteiger partial charge in [-0.15, -0.1) is 0 Å². The van der Waals surface area contributed by atoms with E-state index in [1.165, 1.54) is 18.0 Å². The first-order valence-corrected chi connectivity index (χ1v) is 9.62. The number of hydrogen-bond donors (Lipinski definition) is 1. The molecule has 154 valence electrons. The molecule has 0 saturated heterocycles. The van der Waals surface area contributed by atoms with Crippen LogP contribution in [0.4, 0.5) is 4.39 Å². The Morgan fingerprint density at radius 2 is 1.86 bits per heavy atom. The number of rotatable bonds is 7. The summed E-state index contributed by atoms with van der Waals surface area (Å²) in [5.74, 6) is 0.443. The number of halogens is 1. The molecule has 1 atom stereocenters. The van der Waals surface area contributed by atoms with Crippen molar-refractivity contribution < 1.29 is 23.5 Å². The van der Waals surface area contributed by atoms with Crippen LogP contribution in [0.3, 0.4) is 0 Å². The van der Waals surface area contributed by atoms with Gasteiger partial charge in [0.05, 0.1) is 0 Å². The predicted molar refractivity (Wildman–Crippen MR) is 106 cm³/mol. The topological polar surface area (TPSA) is 67.9 Å². The van der Waals surface area contributed by atoms with Gasteiger partial charge in [0.25, 0.3) is 0 Å². The van der Waals surface area contributed by atoms with Gasteiger partial charge in [-0.1, -0.05) is 24.3 Å². The minimum atomic E-state index is -0.715. The molecule has 0 unspecified atom stereocenters. The number of nitrogens with one attached hydrogen (secondary N) is 1. The minimum Gasteiger partial charge on any atom is -0.486 e. The SMILES string of the molecule is CNC(=O)[C@H](C)N(Cc1ccccc1F)C(=O)CCc1ccc2c(c1)OCCO2. The van der Waals surface area contributed by atoms with Crippen molar-refractivity contribution in [1.29, 1.82) is 0 Å². The molecular formula is C22H25FN2O4. The lowest BCUT2D eigenvalue weighted by Crippen LogP contribution is -2.46. The second-order valence-electron chi connectivity index (χ2n) is 6.88. The van der Waals surface area contributed by atoms with Crippen molar-refractivity contribution in [1.82, 2.24) is 10.2 Å². The molecule has 0 spiro atoms. The minimum absolute atomic E-state index is 0.0290. The van der Waals surface area contributed by atoms with Gasteiger partial charge in [-0.3, -0.25) is 9.59 Å². The highest BCUT2D eigenvalue weighted by molar-refractivity contribution is 5.87. The van der Waals surface area contributed by atoms with E-state index in [0.717, 1.165) is 5.56 Å². The third-order valence-electron chi connectivity index (χ3n) is 4.95. The van der Waals surface area contributed by atoms with Gasteiger partial charge < -0.3 is 19.7 Å². The molecule has 2 aromatic rings. The van der Waals surface area contributed by atoms with Crippen molar-refractivity contribution >= 4 is 11.8 Å². The zero-order valence-corrected chi connectivity index (χ0v) is 16.6. The summed E-state index contributed by atoms with van der Waals surface area (Å²) in [6.45, 7) is 2.69. The van der Waals surface area contributed by atoms with E-state index < -0.39 is 11.9 Å². The monoisotopic (exact) mass is 400 g/mol. The van der Waals surface area contributed by atoms with Gasteiger partial charge in [0.2, 0.25) is 11.8 Å². The summed E-state index contributed by atoms with van der Waals surface area (Å²) in [6.07, 6.45) is 0.666. The smallest absolute Gasteiger partial charge is 0.242 e. The lowest BCUT2D eigenvalue weighted by atomic mass is 10.1. The van der Waals surface area contributed by atoms with Crippen LogP contribution < -0.4 is 14.8 Å². The van der Waals surface area contributed by atoms with E-state index in [1.54, 1.807) is 25.1 Å². The molecule has 0 bridgehead atoms. The Kier molecular flexibility index (Phi) is 6.69. The summed E-state index contributed by atoms with van der Waals surface area (Å²) in [7, 11) is 1.51. The van der Waals surface area contributed by atoms with Gasteiger partial charge in [0.15, 0.2) is 11.5 Å². The van der Waals surface area contributed by atoms with Crippen molar-refractivity contribution in [3.05, 3.63) is 59.4 Å². The van der Waals surface area contributed by atoms with Gasteiger partial charge in [-0.2, -0.15) is 0 Å². The van der Waals surface area contributed by atoms with Crippen LogP contribution in [0.2, 0.25) is 0 Å². The average molecular weight is 400 g/mol. The maximum atomic E-state index is 14.1. The van der Waals surface area contributed by atoms with E-state index in [4.69, 9.17) is 9.47 Å². The quantitative estimate of drug-likeness (QED) is 0.776. The summed E-state index contributed by atoms with van der Waals surface area (Å²) >= 11 is 0. The summed E-state index contributed by atoms with van der Waals surface area (Å²) in [5, 5.41) is 2.55. The van der Waals surface area contributed by atoms with E-state index in [0.29, 0.717) is 36.7 Å². The summed E-state index contributed by atoms with van der Waals surface area (Å²) in [4.78, 5) is 26.5. The molecule has 2 aromatic carbocycles. The fourth-order valence-electron chi connectivity index (χ4n) is 3.24. The Morgan fingerprint density at radius 1 is 1.14 bits per heavy atom. The highest BCUT2D eigenvalue weighted by Crippen LogP contribution is 2.31. The van der Waals surface area contributed by atoms with Gasteiger partial charge in [0.1, 0.15) is 25.1 Å². The fraction of sp³-hybridized carbons (Fsp3) is 0.364. The maximum Gasteiger partial charge on any atom is 0.242 e. The Morgan fingerprint density at radius 3 is 2.59 bits per heavy atom. The molecule has 29 heavy (non-hydrogen) atoms. The number of fused-ring (bicyclic) bond motifs is 1. The zero-order chi connectivity index (χ0) is 20.8. The lowest BCUT2D eigenvalue weighted by molar-refractivity contribution is -0.140. The highest BCUT2D eigenvalue weighted by atomic mass is 19.1. The molecule has 0 radical (unpaired) electrons. The van der Waals surface area contributed by atoms with Crippen molar-refractivity contribution in [2.24, 2.45) is 0 Å². The normalized spacial score (nSPS) is 13.5. The third-order valence-corrected chi connectivity index (χ3v) is 4.95. The van der Waals surface area contributed by atoms with E-state index >= 15 is 0 Å². The molecule has 7 heteroatoms. The number of amides is 2. The molecule has 0 fully saturated rings. The van der Waals surface area contributed by atoms with Crippen LogP contribution in [-0.2, 0) is 22.6 Å². The Labute approximate surface area is 169 Å². The molecule has 0 saturated carbocycles. The second-order valence-corrected chi connectivity index (χ2v) is 6.88. The molecule has 1 N–H and O–H groups in total. The molecule has 0 aliphatic carbocycles. The number of hydrogen-bond acceptors (Lipinski definition) is 4. The predicted octanol–water partition coefficient (Wildman–Crippen LogP) is 2.69. The number of carbonyl (C=O) groups excluding carboxylic acids is 2. The summed E-state index contributed by atoms with van der Waals surface area (Å²) in [6, 6.07) is 11.1. The Bertz CT molecular complexity index is 887. The van der Waals surface area contributed by atoms with Crippen LogP contribution >= 0.6 is 0 Å². The fourth-order valence-corrected chi connectivity index (χ4v) is 3.24. The largest absolute Gasteiger partial charge is 0.486 e. The van der Waals surface area contributed by atoms with Crippen molar-refractivity contribution in [3.8, 4) is 11.5 Å². The molecule has 3 rings (SSSR count). The van der Waals surface area contributed by atoms with Gasteiger partial charge in [-0.25, -0.2) is 4.39 Å². The van der Waals surface area contributed by atoms with Crippen molar-refractivity contribution in [2.75, 3.05) is 20.3 Å². The molecular weight excluding hydrogens is 375 g/mol. The lowest BCUT2D eigenvalue weighted by Gasteiger charge is -2.28.